The van der Waals surface area contributed by atoms with Gasteiger partial charge in [0.1, 0.15) is 18.0 Å². The maximum Gasteiger partial charge on any atom is 0.264 e. The molecule has 2 aromatic carbocycles. The number of nitrogens with zero attached hydrogens (tertiary/aromatic N) is 3. The van der Waals surface area contributed by atoms with Crippen LogP contribution in [0.15, 0.2) is 36.4 Å². The second-order valence-electron chi connectivity index (χ2n) is 10.2. The van der Waals surface area contributed by atoms with Crippen LogP contribution in [0.5, 0.6) is 11.5 Å². The zero-order valence-corrected chi connectivity index (χ0v) is 23.4. The largest absolute Gasteiger partial charge is 0.493 e. The molecule has 1 aromatic heterocycles. The number of para-hydroxylation sites is 1. The molecule has 9 nitrogen and oxygen atoms in total. The van der Waals surface area contributed by atoms with Crippen LogP contribution in [0.2, 0.25) is 5.02 Å². The van der Waals surface area contributed by atoms with Crippen molar-refractivity contribution in [3.8, 4) is 17.2 Å². The standard InChI is InChI=1S/C26H32ClN3O6S/c1-26(2,3)15-22-28-29-25-21(12-13-35-37(6,31)32)36-23(17-8-7-9-20(33-4)24(17)34-5)18-14-16(27)10-11-19(18)30(22)25/h7-11,14,21,23H,12-13,15H2,1-6H3/t21-,23-/m1/s1. The Hall–Kier alpha value is -2.66. The topological polar surface area (TPSA) is 102 Å². The van der Waals surface area contributed by atoms with Gasteiger partial charge < -0.3 is 14.2 Å². The lowest BCUT2D eigenvalue weighted by Gasteiger charge is -2.25. The molecule has 0 unspecified atom stereocenters. The SMILES string of the molecule is COc1cccc([C@H]2O[C@H](CCOS(C)(=O)=O)c3nnc(CC(C)(C)C)n3-c3ccc(Cl)cc32)c1OC. The van der Waals surface area contributed by atoms with Gasteiger partial charge in [-0.1, -0.05) is 44.5 Å². The summed E-state index contributed by atoms with van der Waals surface area (Å²) in [6.45, 7) is 6.31. The van der Waals surface area contributed by atoms with E-state index in [0.717, 1.165) is 28.9 Å². The van der Waals surface area contributed by atoms with Gasteiger partial charge in [-0.15, -0.1) is 10.2 Å². The van der Waals surface area contributed by atoms with Gasteiger partial charge in [-0.3, -0.25) is 8.75 Å². The van der Waals surface area contributed by atoms with Crippen LogP contribution < -0.4 is 9.47 Å². The van der Waals surface area contributed by atoms with E-state index in [9.17, 15) is 8.42 Å². The Morgan fingerprint density at radius 3 is 2.49 bits per heavy atom. The summed E-state index contributed by atoms with van der Waals surface area (Å²) in [4.78, 5) is 0. The lowest BCUT2D eigenvalue weighted by Crippen LogP contribution is -2.16. The van der Waals surface area contributed by atoms with Gasteiger partial charge in [0, 0.05) is 29.0 Å². The van der Waals surface area contributed by atoms with Crippen LogP contribution in [0.1, 0.15) is 62.2 Å². The predicted octanol–water partition coefficient (Wildman–Crippen LogP) is 5.05. The number of rotatable bonds is 8. The fraction of sp³-hybridized carbons (Fsp3) is 0.462. The molecule has 1 aliphatic rings. The van der Waals surface area contributed by atoms with Crippen molar-refractivity contribution in [3.05, 3.63) is 64.2 Å². The van der Waals surface area contributed by atoms with Crippen molar-refractivity contribution in [2.45, 2.75) is 45.8 Å². The zero-order valence-electron chi connectivity index (χ0n) is 21.8. The quantitative estimate of drug-likeness (QED) is 0.360. The van der Waals surface area contributed by atoms with E-state index in [2.05, 4.69) is 31.0 Å². The summed E-state index contributed by atoms with van der Waals surface area (Å²) in [5.74, 6) is 2.41. The highest BCUT2D eigenvalue weighted by atomic mass is 35.5. The highest BCUT2D eigenvalue weighted by Gasteiger charge is 2.36. The lowest BCUT2D eigenvalue weighted by molar-refractivity contribution is -0.00770. The summed E-state index contributed by atoms with van der Waals surface area (Å²) in [6, 6.07) is 11.2. The minimum absolute atomic E-state index is 0.0616. The number of halogens is 1. The third kappa shape index (κ3) is 6.09. The van der Waals surface area contributed by atoms with Crippen LogP contribution in [0, 0.1) is 5.41 Å². The number of methoxy groups -OCH3 is 2. The van der Waals surface area contributed by atoms with Crippen LogP contribution >= 0.6 is 11.6 Å². The first-order valence-electron chi connectivity index (χ1n) is 11.9. The average molecular weight is 550 g/mol. The molecule has 4 rings (SSSR count). The van der Waals surface area contributed by atoms with Crippen molar-refractivity contribution in [3.63, 3.8) is 0 Å². The Kier molecular flexibility index (Phi) is 7.85. The molecule has 0 saturated heterocycles. The van der Waals surface area contributed by atoms with Gasteiger partial charge in [0.15, 0.2) is 17.3 Å². The van der Waals surface area contributed by atoms with Gasteiger partial charge in [0.2, 0.25) is 0 Å². The molecule has 0 radical (unpaired) electrons. The summed E-state index contributed by atoms with van der Waals surface area (Å²) in [5, 5.41) is 9.57. The molecule has 2 atom stereocenters. The minimum Gasteiger partial charge on any atom is -0.493 e. The molecule has 0 fully saturated rings. The van der Waals surface area contributed by atoms with Gasteiger partial charge in [-0.05, 0) is 29.7 Å². The number of hydrogen-bond donors (Lipinski definition) is 0. The third-order valence-corrected chi connectivity index (χ3v) is 6.77. The Labute approximate surface area is 222 Å². The highest BCUT2D eigenvalue weighted by molar-refractivity contribution is 7.85. The average Bonchev–Trinajstić information content (AvgIpc) is 3.15. The van der Waals surface area contributed by atoms with Gasteiger partial charge in [-0.2, -0.15) is 8.42 Å². The summed E-state index contributed by atoms with van der Waals surface area (Å²) >= 11 is 6.49. The predicted molar refractivity (Wildman–Crippen MR) is 140 cm³/mol. The molecule has 0 bridgehead atoms. The maximum atomic E-state index is 11.7. The first-order chi connectivity index (χ1) is 17.4. The van der Waals surface area contributed by atoms with E-state index in [0.29, 0.717) is 28.8 Å². The molecule has 2 heterocycles. The van der Waals surface area contributed by atoms with Crippen molar-refractivity contribution in [2.75, 3.05) is 27.1 Å². The molecular weight excluding hydrogens is 518 g/mol. The van der Waals surface area contributed by atoms with Crippen molar-refractivity contribution < 1.29 is 26.8 Å². The Bertz CT molecular complexity index is 1380. The number of ether oxygens (including phenoxy) is 3. The monoisotopic (exact) mass is 549 g/mol. The van der Waals surface area contributed by atoms with E-state index in [1.807, 2.05) is 41.0 Å². The lowest BCUT2D eigenvalue weighted by atomic mass is 9.91. The molecule has 37 heavy (non-hydrogen) atoms. The van der Waals surface area contributed by atoms with E-state index in [1.54, 1.807) is 14.2 Å². The van der Waals surface area contributed by atoms with Crippen molar-refractivity contribution in [2.24, 2.45) is 5.41 Å². The van der Waals surface area contributed by atoms with Gasteiger partial charge in [0.25, 0.3) is 10.1 Å². The molecule has 200 valence electrons. The number of hydrogen-bond acceptors (Lipinski definition) is 8. The van der Waals surface area contributed by atoms with Crippen LogP contribution in [0.25, 0.3) is 5.69 Å². The highest BCUT2D eigenvalue weighted by Crippen LogP contribution is 2.46. The fourth-order valence-electron chi connectivity index (χ4n) is 4.49. The van der Waals surface area contributed by atoms with Crippen molar-refractivity contribution >= 4 is 21.7 Å². The molecular formula is C26H32ClN3O6S. The summed E-state index contributed by atoms with van der Waals surface area (Å²) in [6.07, 6.45) is 0.626. The third-order valence-electron chi connectivity index (χ3n) is 5.94. The van der Waals surface area contributed by atoms with E-state index in [4.69, 9.17) is 30.0 Å². The van der Waals surface area contributed by atoms with E-state index < -0.39 is 22.3 Å². The Morgan fingerprint density at radius 1 is 1.08 bits per heavy atom. The Morgan fingerprint density at radius 2 is 1.84 bits per heavy atom. The molecule has 11 heteroatoms. The molecule has 0 aliphatic carbocycles. The maximum absolute atomic E-state index is 11.7. The fourth-order valence-corrected chi connectivity index (χ4v) is 5.07. The van der Waals surface area contributed by atoms with Crippen LogP contribution in [-0.4, -0.2) is 50.3 Å². The number of fused-ring (bicyclic) bond motifs is 3. The molecule has 0 spiro atoms. The number of aromatic nitrogens is 3. The second-order valence-corrected chi connectivity index (χ2v) is 12.2. The van der Waals surface area contributed by atoms with Gasteiger partial charge in [-0.25, -0.2) is 0 Å². The normalized spacial score (nSPS) is 17.6. The van der Waals surface area contributed by atoms with E-state index >= 15 is 0 Å². The molecule has 0 N–H and O–H groups in total. The molecule has 0 saturated carbocycles. The van der Waals surface area contributed by atoms with E-state index in [-0.39, 0.29) is 18.4 Å². The van der Waals surface area contributed by atoms with Crippen LogP contribution in [-0.2, 0) is 25.5 Å². The molecule has 1 aliphatic heterocycles. The van der Waals surface area contributed by atoms with Crippen LogP contribution in [0.4, 0.5) is 0 Å². The summed E-state index contributed by atoms with van der Waals surface area (Å²) in [5.41, 5.74) is 2.29. The second kappa shape index (κ2) is 10.6. The summed E-state index contributed by atoms with van der Waals surface area (Å²) in [7, 11) is -0.478. The molecule has 0 amide bonds. The van der Waals surface area contributed by atoms with Gasteiger partial charge >= 0.3 is 0 Å². The number of benzene rings is 2. The first kappa shape index (κ1) is 27.4. The Balaban J connectivity index is 1.93. The van der Waals surface area contributed by atoms with Crippen molar-refractivity contribution in [1.29, 1.82) is 0 Å². The van der Waals surface area contributed by atoms with Gasteiger partial charge in [0.05, 0.1) is 32.8 Å². The molecule has 3 aromatic rings. The van der Waals surface area contributed by atoms with E-state index in [1.165, 1.54) is 0 Å². The smallest absolute Gasteiger partial charge is 0.264 e. The summed E-state index contributed by atoms with van der Waals surface area (Å²) < 4.78 is 48.4. The minimum atomic E-state index is -3.63. The first-order valence-corrected chi connectivity index (χ1v) is 14.1. The zero-order chi connectivity index (χ0) is 27.0. The van der Waals surface area contributed by atoms with Crippen LogP contribution in [0.3, 0.4) is 0 Å². The van der Waals surface area contributed by atoms with Crippen molar-refractivity contribution in [1.82, 2.24) is 14.8 Å².